The zero-order valence-electron chi connectivity index (χ0n) is 23.4. The maximum atomic E-state index is 13.9. The lowest BCUT2D eigenvalue weighted by Crippen LogP contribution is -2.17. The monoisotopic (exact) mass is 540 g/mol. The molecule has 0 bridgehead atoms. The Labute approximate surface area is 234 Å². The van der Waals surface area contributed by atoms with Gasteiger partial charge in [0.1, 0.15) is 5.00 Å². The van der Waals surface area contributed by atoms with E-state index in [1.54, 1.807) is 0 Å². The molecular weight excluding hydrogens is 504 g/mol. The third-order valence-corrected chi connectivity index (χ3v) is 8.90. The Morgan fingerprint density at radius 1 is 1.10 bits per heavy atom. The highest BCUT2D eigenvalue weighted by Gasteiger charge is 2.30. The summed E-state index contributed by atoms with van der Waals surface area (Å²) in [5, 5.41) is 4.50. The zero-order valence-corrected chi connectivity index (χ0v) is 24.2. The molecule has 1 atom stereocenters. The van der Waals surface area contributed by atoms with Crippen molar-refractivity contribution >= 4 is 39.1 Å². The number of esters is 1. The molecule has 1 N–H and O–H groups in total. The largest absolute Gasteiger partial charge is 0.462 e. The van der Waals surface area contributed by atoms with Crippen LogP contribution < -0.4 is 5.32 Å². The van der Waals surface area contributed by atoms with Gasteiger partial charge in [-0.2, -0.15) is 0 Å². The number of thiophene rings is 1. The van der Waals surface area contributed by atoms with E-state index in [1.807, 2.05) is 38.1 Å². The van der Waals surface area contributed by atoms with Crippen LogP contribution >= 0.6 is 11.3 Å². The van der Waals surface area contributed by atoms with Gasteiger partial charge in [0.25, 0.3) is 5.91 Å². The van der Waals surface area contributed by atoms with Gasteiger partial charge in [0, 0.05) is 15.8 Å². The summed E-state index contributed by atoms with van der Waals surface area (Å²) in [6, 6.07) is 16.2. The maximum Gasteiger partial charge on any atom is 0.341 e. The first-order chi connectivity index (χ1) is 18.8. The molecule has 2 heterocycles. The Kier molecular flexibility index (Phi) is 7.85. The highest BCUT2D eigenvalue weighted by Crippen LogP contribution is 2.41. The van der Waals surface area contributed by atoms with Crippen LogP contribution in [0, 0.1) is 12.8 Å². The number of benzene rings is 2. The van der Waals surface area contributed by atoms with Gasteiger partial charge in [0.05, 0.1) is 28.9 Å². The number of nitrogens with zero attached hydrogens (tertiary/aromatic N) is 1. The number of anilines is 1. The Balaban J connectivity index is 1.57. The standard InChI is InChI=1S/C33H36N2O3S/c1-6-21-9-14-24-29(17-21)39-32(30(24)33(37)38-7-2)35-31(36)26-18-28(23-12-10-22(11-13-23)19(3)4)34-27-15-8-20(5)16-25(26)27/h8,10-13,15-16,18-19,21H,6-7,9,14,17H2,1-5H3,(H,35,36)/t21-/m1/s1. The lowest BCUT2D eigenvalue weighted by molar-refractivity contribution is 0.0526. The van der Waals surface area contributed by atoms with Crippen molar-refractivity contribution in [1.82, 2.24) is 4.98 Å². The van der Waals surface area contributed by atoms with Crippen molar-refractivity contribution in [2.45, 2.75) is 66.2 Å². The molecule has 6 heteroatoms. The van der Waals surface area contributed by atoms with Gasteiger partial charge in [-0.15, -0.1) is 11.3 Å². The molecule has 2 aromatic carbocycles. The normalized spacial score (nSPS) is 14.9. The summed E-state index contributed by atoms with van der Waals surface area (Å²) < 4.78 is 5.43. The van der Waals surface area contributed by atoms with E-state index in [2.05, 4.69) is 50.4 Å². The van der Waals surface area contributed by atoms with Crippen LogP contribution in [-0.4, -0.2) is 23.5 Å². The number of rotatable bonds is 7. The first kappa shape index (κ1) is 27.1. The van der Waals surface area contributed by atoms with Gasteiger partial charge in [-0.1, -0.05) is 63.1 Å². The van der Waals surface area contributed by atoms with Gasteiger partial charge in [-0.05, 0) is 74.3 Å². The predicted octanol–water partition coefficient (Wildman–Crippen LogP) is 8.34. The maximum absolute atomic E-state index is 13.9. The molecule has 5 rings (SSSR count). The minimum Gasteiger partial charge on any atom is -0.462 e. The molecule has 0 aliphatic heterocycles. The number of aromatic nitrogens is 1. The fourth-order valence-electron chi connectivity index (χ4n) is 5.39. The average Bonchev–Trinajstić information content (AvgIpc) is 3.29. The molecule has 0 radical (unpaired) electrons. The van der Waals surface area contributed by atoms with Gasteiger partial charge in [0.2, 0.25) is 0 Å². The van der Waals surface area contributed by atoms with Gasteiger partial charge >= 0.3 is 5.97 Å². The van der Waals surface area contributed by atoms with E-state index < -0.39 is 0 Å². The summed E-state index contributed by atoms with van der Waals surface area (Å²) in [5.41, 5.74) is 6.88. The third kappa shape index (κ3) is 5.48. The van der Waals surface area contributed by atoms with Crippen LogP contribution in [0.4, 0.5) is 5.00 Å². The smallest absolute Gasteiger partial charge is 0.341 e. The average molecular weight is 541 g/mol. The van der Waals surface area contributed by atoms with E-state index in [-0.39, 0.29) is 11.9 Å². The van der Waals surface area contributed by atoms with E-state index in [0.717, 1.165) is 59.0 Å². The number of aryl methyl sites for hydroxylation is 1. The second kappa shape index (κ2) is 11.3. The fourth-order valence-corrected chi connectivity index (χ4v) is 6.74. The van der Waals surface area contributed by atoms with Crippen molar-refractivity contribution in [3.8, 4) is 11.3 Å². The van der Waals surface area contributed by atoms with Crippen molar-refractivity contribution in [3.05, 3.63) is 81.2 Å². The second-order valence-corrected chi connectivity index (χ2v) is 11.9. The molecule has 0 spiro atoms. The van der Waals surface area contributed by atoms with Crippen molar-refractivity contribution in [1.29, 1.82) is 0 Å². The number of amides is 1. The molecule has 2 aromatic heterocycles. The zero-order chi connectivity index (χ0) is 27.7. The van der Waals surface area contributed by atoms with Crippen molar-refractivity contribution in [2.24, 2.45) is 5.92 Å². The van der Waals surface area contributed by atoms with Crippen molar-refractivity contribution in [2.75, 3.05) is 11.9 Å². The summed E-state index contributed by atoms with van der Waals surface area (Å²) in [7, 11) is 0. The van der Waals surface area contributed by atoms with E-state index in [4.69, 9.17) is 9.72 Å². The molecule has 202 valence electrons. The Hall–Kier alpha value is -3.51. The molecule has 4 aromatic rings. The minimum absolute atomic E-state index is 0.246. The Morgan fingerprint density at radius 2 is 1.87 bits per heavy atom. The van der Waals surface area contributed by atoms with E-state index in [9.17, 15) is 9.59 Å². The molecule has 0 fully saturated rings. The van der Waals surface area contributed by atoms with E-state index in [1.165, 1.54) is 21.8 Å². The first-order valence-corrected chi connectivity index (χ1v) is 14.7. The molecular formula is C33H36N2O3S. The minimum atomic E-state index is -0.360. The number of carbonyl (C=O) groups excluding carboxylic acids is 2. The Bertz CT molecular complexity index is 1540. The van der Waals surface area contributed by atoms with Gasteiger partial charge in [-0.3, -0.25) is 4.79 Å². The summed E-state index contributed by atoms with van der Waals surface area (Å²) in [6.45, 7) is 10.7. The molecule has 39 heavy (non-hydrogen) atoms. The van der Waals surface area contributed by atoms with Crippen LogP contribution in [0.3, 0.4) is 0 Å². The lowest BCUT2D eigenvalue weighted by atomic mass is 9.85. The van der Waals surface area contributed by atoms with Crippen LogP contribution in [0.25, 0.3) is 22.2 Å². The summed E-state index contributed by atoms with van der Waals surface area (Å²) in [5.74, 6) is 0.433. The number of carbonyl (C=O) groups is 2. The lowest BCUT2D eigenvalue weighted by Gasteiger charge is -2.20. The molecule has 0 unspecified atom stereocenters. The SMILES string of the molecule is CCOC(=O)c1c(NC(=O)c2cc(-c3ccc(C(C)C)cc3)nc3ccc(C)cc23)sc2c1CC[C@@H](CC)C2. The van der Waals surface area contributed by atoms with Crippen molar-refractivity contribution < 1.29 is 14.3 Å². The van der Waals surface area contributed by atoms with Gasteiger partial charge < -0.3 is 10.1 Å². The van der Waals surface area contributed by atoms with Crippen LogP contribution in [0.5, 0.6) is 0 Å². The third-order valence-electron chi connectivity index (χ3n) is 7.73. The number of ether oxygens (including phenoxy) is 1. The quantitative estimate of drug-likeness (QED) is 0.239. The molecule has 0 saturated carbocycles. The topological polar surface area (TPSA) is 68.3 Å². The second-order valence-electron chi connectivity index (χ2n) is 10.8. The van der Waals surface area contributed by atoms with Crippen LogP contribution in [0.15, 0.2) is 48.5 Å². The molecule has 1 aliphatic carbocycles. The Morgan fingerprint density at radius 3 is 2.56 bits per heavy atom. The number of hydrogen-bond donors (Lipinski definition) is 1. The fraction of sp³-hybridized carbons (Fsp3) is 0.364. The predicted molar refractivity (Wildman–Crippen MR) is 160 cm³/mol. The molecule has 1 amide bonds. The number of hydrogen-bond acceptors (Lipinski definition) is 5. The molecule has 1 aliphatic rings. The molecule has 0 saturated heterocycles. The summed E-state index contributed by atoms with van der Waals surface area (Å²) in [4.78, 5) is 33.1. The highest BCUT2D eigenvalue weighted by molar-refractivity contribution is 7.17. The van der Waals surface area contributed by atoms with Gasteiger partial charge in [0.15, 0.2) is 0 Å². The van der Waals surface area contributed by atoms with Gasteiger partial charge in [-0.25, -0.2) is 9.78 Å². The van der Waals surface area contributed by atoms with Crippen LogP contribution in [0.1, 0.15) is 88.7 Å². The first-order valence-electron chi connectivity index (χ1n) is 13.9. The van der Waals surface area contributed by atoms with E-state index in [0.29, 0.717) is 34.6 Å². The summed E-state index contributed by atoms with van der Waals surface area (Å²) in [6.07, 6.45) is 3.93. The number of nitrogens with one attached hydrogen (secondary N) is 1. The van der Waals surface area contributed by atoms with E-state index >= 15 is 0 Å². The molecule has 5 nitrogen and oxygen atoms in total. The number of pyridine rings is 1. The van der Waals surface area contributed by atoms with Crippen LogP contribution in [0.2, 0.25) is 0 Å². The van der Waals surface area contributed by atoms with Crippen molar-refractivity contribution in [3.63, 3.8) is 0 Å². The highest BCUT2D eigenvalue weighted by atomic mass is 32.1. The van der Waals surface area contributed by atoms with Crippen LogP contribution in [-0.2, 0) is 17.6 Å². The number of fused-ring (bicyclic) bond motifs is 2. The summed E-state index contributed by atoms with van der Waals surface area (Å²) >= 11 is 1.52.